The normalized spacial score (nSPS) is 22.7. The van der Waals surface area contributed by atoms with Crippen LogP contribution in [0.5, 0.6) is 0 Å². The minimum absolute atomic E-state index is 0.0145. The molecule has 1 unspecified atom stereocenters. The van der Waals surface area contributed by atoms with Gasteiger partial charge in [0.25, 0.3) is 17.7 Å². The number of imide groups is 2. The number of nitrogens with zero attached hydrogens (tertiary/aromatic N) is 5. The summed E-state index contributed by atoms with van der Waals surface area (Å²) in [6, 6.07) is 13.2. The van der Waals surface area contributed by atoms with Gasteiger partial charge in [0.05, 0.1) is 32.0 Å². The van der Waals surface area contributed by atoms with Crippen molar-refractivity contribution in [2.45, 2.75) is 89.7 Å². The van der Waals surface area contributed by atoms with Crippen LogP contribution in [0.3, 0.4) is 0 Å². The smallest absolute Gasteiger partial charge is 0.274 e. The molecule has 4 aromatic rings. The van der Waals surface area contributed by atoms with Gasteiger partial charge in [-0.25, -0.2) is 9.97 Å². The Morgan fingerprint density at radius 2 is 1.68 bits per heavy atom. The first-order chi connectivity index (χ1) is 29.7. The van der Waals surface area contributed by atoms with Crippen LogP contribution in [-0.4, -0.2) is 111 Å². The molecule has 9 rings (SSSR count). The molecule has 15 nitrogen and oxygen atoms in total. The molecule has 62 heavy (non-hydrogen) atoms. The molecular formula is C46H52N8O7S. The molecule has 6 amide bonds. The number of rotatable bonds is 10. The number of fused-ring (bicyclic) bond motifs is 2. The zero-order chi connectivity index (χ0) is 43.5. The van der Waals surface area contributed by atoms with E-state index < -0.39 is 35.3 Å². The fourth-order valence-corrected chi connectivity index (χ4v) is 11.1. The molecule has 4 N–H and O–H groups in total. The second kappa shape index (κ2) is 16.3. The van der Waals surface area contributed by atoms with Crippen LogP contribution in [0.4, 0.5) is 11.4 Å². The van der Waals surface area contributed by atoms with Crippen LogP contribution >= 0.6 is 11.3 Å². The van der Waals surface area contributed by atoms with E-state index in [-0.39, 0.29) is 53.0 Å². The van der Waals surface area contributed by atoms with E-state index in [2.05, 4.69) is 30.7 Å². The molecule has 1 atom stereocenters. The van der Waals surface area contributed by atoms with Gasteiger partial charge in [0, 0.05) is 72.5 Å². The van der Waals surface area contributed by atoms with E-state index in [4.69, 9.17) is 4.98 Å². The first-order valence-corrected chi connectivity index (χ1v) is 22.5. The Hall–Kier alpha value is -5.58. The number of aliphatic hydroxyl groups is 1. The number of carbonyl (C=O) groups is 6. The Morgan fingerprint density at radius 3 is 2.39 bits per heavy atom. The average Bonchev–Trinajstić information content (AvgIpc) is 3.77. The fourth-order valence-electron chi connectivity index (χ4n) is 9.97. The number of hydrogen-bond donors (Lipinski definition) is 4. The van der Waals surface area contributed by atoms with Gasteiger partial charge in [0.2, 0.25) is 17.7 Å². The highest BCUT2D eigenvalue weighted by atomic mass is 32.1. The SMILES string of the molecule is Cc1cccc(C(=O)Nc2cc3sc([C@H]4CC[C@H](C(=O)N5CC6(CCN(CCNc7cccc8c7C(=O)N(C7CCC(=O)NC7=O)C8=O)CC6)C5)CC4)nc3cc2C(C)(C)O)n1. The number of pyridine rings is 1. The van der Waals surface area contributed by atoms with Crippen LogP contribution in [0.2, 0.25) is 0 Å². The average molecular weight is 861 g/mol. The van der Waals surface area contributed by atoms with Crippen LogP contribution in [0, 0.1) is 18.3 Å². The van der Waals surface area contributed by atoms with Gasteiger partial charge in [-0.15, -0.1) is 11.3 Å². The molecule has 1 aliphatic carbocycles. The third kappa shape index (κ3) is 7.99. The lowest BCUT2D eigenvalue weighted by Crippen LogP contribution is -2.63. The number of aryl methyl sites for hydroxylation is 1. The first-order valence-electron chi connectivity index (χ1n) is 21.7. The quantitative estimate of drug-likeness (QED) is 0.153. The fraction of sp³-hybridized carbons (Fsp3) is 0.478. The lowest BCUT2D eigenvalue weighted by Gasteiger charge is -2.55. The third-order valence-electron chi connectivity index (χ3n) is 13.5. The zero-order valence-electron chi connectivity index (χ0n) is 35.3. The van der Waals surface area contributed by atoms with Crippen molar-refractivity contribution in [3.8, 4) is 0 Å². The van der Waals surface area contributed by atoms with Crippen molar-refractivity contribution in [1.82, 2.24) is 30.0 Å². The second-order valence-corrected chi connectivity index (χ2v) is 19.3. The third-order valence-corrected chi connectivity index (χ3v) is 14.7. The highest BCUT2D eigenvalue weighted by molar-refractivity contribution is 7.18. The molecule has 4 fully saturated rings. The number of anilines is 2. The van der Waals surface area contributed by atoms with Gasteiger partial charge in [0.1, 0.15) is 11.7 Å². The minimum atomic E-state index is -1.21. The van der Waals surface area contributed by atoms with Gasteiger partial charge in [-0.05, 0) is 115 Å². The van der Waals surface area contributed by atoms with E-state index in [1.54, 1.807) is 55.5 Å². The molecular weight excluding hydrogens is 809 g/mol. The van der Waals surface area contributed by atoms with Crippen molar-refractivity contribution in [3.05, 3.63) is 81.6 Å². The van der Waals surface area contributed by atoms with Crippen LogP contribution < -0.4 is 16.0 Å². The lowest BCUT2D eigenvalue weighted by molar-refractivity contribution is -0.152. The standard InChI is InChI=1S/C46H52N8O7S/c1-26-6-4-9-32(48-26)39(56)49-33-23-36-34(22-30(33)45(2,3)61)50-41(62-36)27-10-12-28(13-11-27)42(58)53-24-46(25-53)16-19-52(20-17-46)21-18-47-31-8-5-7-29-38(31)44(60)54(43(29)59)35-14-15-37(55)51-40(35)57/h4-9,22-23,27-28,35,47,61H,10-21,24-25H2,1-3H3,(H,49,56)(H,51,55,57)/t27-,28-,35?. The van der Waals surface area contributed by atoms with Gasteiger partial charge < -0.3 is 25.5 Å². The molecule has 1 spiro atoms. The number of piperidine rings is 2. The number of thiazole rings is 1. The van der Waals surface area contributed by atoms with E-state index in [9.17, 15) is 33.9 Å². The van der Waals surface area contributed by atoms with Crippen LogP contribution in [0.1, 0.15) is 119 Å². The highest BCUT2D eigenvalue weighted by Gasteiger charge is 2.48. The van der Waals surface area contributed by atoms with E-state index in [0.717, 1.165) is 97.1 Å². The molecule has 2 aromatic carbocycles. The highest BCUT2D eigenvalue weighted by Crippen LogP contribution is 2.45. The summed E-state index contributed by atoms with van der Waals surface area (Å²) >= 11 is 1.61. The number of benzene rings is 2. The molecule has 4 aliphatic heterocycles. The van der Waals surface area contributed by atoms with Gasteiger partial charge in [-0.1, -0.05) is 12.1 Å². The van der Waals surface area contributed by atoms with Gasteiger partial charge in [-0.2, -0.15) is 0 Å². The molecule has 0 bridgehead atoms. The molecule has 3 saturated heterocycles. The van der Waals surface area contributed by atoms with Crippen molar-refractivity contribution in [1.29, 1.82) is 0 Å². The zero-order valence-corrected chi connectivity index (χ0v) is 36.1. The number of hydrogen-bond acceptors (Lipinski definition) is 12. The maximum atomic E-state index is 13.7. The number of aromatic nitrogens is 2. The Balaban J connectivity index is 0.740. The number of likely N-dealkylation sites (tertiary alicyclic amines) is 2. The summed E-state index contributed by atoms with van der Waals surface area (Å²) in [5, 5.41) is 20.6. The largest absolute Gasteiger partial charge is 0.386 e. The van der Waals surface area contributed by atoms with Gasteiger partial charge in [-0.3, -0.25) is 39.0 Å². The van der Waals surface area contributed by atoms with Crippen LogP contribution in [0.25, 0.3) is 10.2 Å². The summed E-state index contributed by atoms with van der Waals surface area (Å²) in [6.07, 6.45) is 5.62. The van der Waals surface area contributed by atoms with E-state index in [0.29, 0.717) is 29.2 Å². The number of nitrogens with one attached hydrogen (secondary N) is 3. The van der Waals surface area contributed by atoms with Crippen molar-refractivity contribution >= 4 is 68.4 Å². The molecule has 16 heteroatoms. The van der Waals surface area contributed by atoms with Crippen molar-refractivity contribution < 1.29 is 33.9 Å². The lowest BCUT2D eigenvalue weighted by atomic mass is 9.71. The topological polar surface area (TPSA) is 194 Å². The van der Waals surface area contributed by atoms with E-state index in [1.807, 2.05) is 25.1 Å². The Bertz CT molecular complexity index is 2490. The van der Waals surface area contributed by atoms with Crippen LogP contribution in [0.15, 0.2) is 48.5 Å². The molecule has 5 aliphatic rings. The summed E-state index contributed by atoms with van der Waals surface area (Å²) < 4.78 is 0.931. The van der Waals surface area contributed by atoms with Crippen molar-refractivity contribution in [2.75, 3.05) is 49.9 Å². The van der Waals surface area contributed by atoms with E-state index in [1.165, 1.54) is 0 Å². The molecule has 324 valence electrons. The maximum absolute atomic E-state index is 13.7. The summed E-state index contributed by atoms with van der Waals surface area (Å²) in [5.74, 6) is -1.89. The summed E-state index contributed by atoms with van der Waals surface area (Å²) in [7, 11) is 0. The molecule has 6 heterocycles. The van der Waals surface area contributed by atoms with Gasteiger partial charge >= 0.3 is 0 Å². The van der Waals surface area contributed by atoms with Crippen molar-refractivity contribution in [2.24, 2.45) is 11.3 Å². The Morgan fingerprint density at radius 1 is 0.935 bits per heavy atom. The summed E-state index contributed by atoms with van der Waals surface area (Å²) in [6.45, 7) is 9.98. The van der Waals surface area contributed by atoms with E-state index >= 15 is 0 Å². The summed E-state index contributed by atoms with van der Waals surface area (Å²) in [4.78, 5) is 92.5. The predicted molar refractivity (Wildman–Crippen MR) is 233 cm³/mol. The predicted octanol–water partition coefficient (Wildman–Crippen LogP) is 5.19. The number of carbonyl (C=O) groups excluding carboxylic acids is 6. The van der Waals surface area contributed by atoms with Crippen molar-refractivity contribution in [3.63, 3.8) is 0 Å². The molecule has 2 aromatic heterocycles. The minimum Gasteiger partial charge on any atom is -0.386 e. The Kier molecular flexibility index (Phi) is 11.0. The van der Waals surface area contributed by atoms with Gasteiger partial charge in [0.15, 0.2) is 0 Å². The number of amides is 6. The first kappa shape index (κ1) is 41.8. The molecule has 1 saturated carbocycles. The molecule has 0 radical (unpaired) electrons. The Labute approximate surface area is 363 Å². The maximum Gasteiger partial charge on any atom is 0.274 e. The van der Waals surface area contributed by atoms with Crippen LogP contribution in [-0.2, 0) is 20.0 Å². The monoisotopic (exact) mass is 860 g/mol. The summed E-state index contributed by atoms with van der Waals surface area (Å²) in [5.41, 5.74) is 2.97. The second-order valence-electron chi connectivity index (χ2n) is 18.3.